The number of Topliss-reactive ketones (excluding diaryl/α,β-unsaturated/α-hetero) is 1. The molecule has 0 aromatic rings. The number of carbonyl (C=O) groups is 2. The lowest BCUT2D eigenvalue weighted by molar-refractivity contribution is -0.140. The SMILES string of the molecule is CCCCCCCCN[C@H]1[C@@H]2CC[C@@H](C2)[C@@H]1C(=O)CCCCCC(=O)OC. The van der Waals surface area contributed by atoms with Gasteiger partial charge < -0.3 is 10.1 Å². The van der Waals surface area contributed by atoms with Gasteiger partial charge in [-0.05, 0) is 56.9 Å². The van der Waals surface area contributed by atoms with Crippen molar-refractivity contribution in [3.8, 4) is 0 Å². The second-order valence-electron chi connectivity index (χ2n) is 8.71. The molecule has 2 bridgehead atoms. The number of carbonyl (C=O) groups excluding carboxylic acids is 2. The van der Waals surface area contributed by atoms with Crippen molar-refractivity contribution in [3.05, 3.63) is 0 Å². The molecular weight excluding hydrogens is 338 g/mol. The molecule has 4 nitrogen and oxygen atoms in total. The van der Waals surface area contributed by atoms with Gasteiger partial charge in [0.1, 0.15) is 5.78 Å². The van der Waals surface area contributed by atoms with Crippen molar-refractivity contribution in [2.45, 2.75) is 103 Å². The highest BCUT2D eigenvalue weighted by Gasteiger charge is 2.49. The zero-order chi connectivity index (χ0) is 19.5. The number of nitrogens with one attached hydrogen (secondary N) is 1. The molecule has 1 N–H and O–H groups in total. The van der Waals surface area contributed by atoms with Crippen LogP contribution in [-0.2, 0) is 14.3 Å². The Morgan fingerprint density at radius 2 is 1.56 bits per heavy atom. The average Bonchev–Trinajstić information content (AvgIpc) is 3.28. The van der Waals surface area contributed by atoms with Crippen molar-refractivity contribution >= 4 is 11.8 Å². The van der Waals surface area contributed by atoms with Gasteiger partial charge in [0, 0.05) is 24.8 Å². The normalized spacial score (nSPS) is 26.4. The molecule has 0 aliphatic heterocycles. The van der Waals surface area contributed by atoms with Gasteiger partial charge in [-0.3, -0.25) is 9.59 Å². The van der Waals surface area contributed by atoms with Crippen LogP contribution in [0.5, 0.6) is 0 Å². The Kier molecular flexibility index (Phi) is 10.4. The van der Waals surface area contributed by atoms with Crippen molar-refractivity contribution in [2.24, 2.45) is 17.8 Å². The van der Waals surface area contributed by atoms with E-state index in [1.807, 2.05) is 0 Å². The molecule has 0 unspecified atom stereocenters. The number of unbranched alkanes of at least 4 members (excludes halogenated alkanes) is 7. The summed E-state index contributed by atoms with van der Waals surface area (Å²) in [5, 5.41) is 3.78. The number of hydrogen-bond acceptors (Lipinski definition) is 4. The van der Waals surface area contributed by atoms with Gasteiger partial charge in [0.15, 0.2) is 0 Å². The maximum atomic E-state index is 12.9. The van der Waals surface area contributed by atoms with E-state index in [0.717, 1.165) is 31.7 Å². The summed E-state index contributed by atoms with van der Waals surface area (Å²) >= 11 is 0. The summed E-state index contributed by atoms with van der Waals surface area (Å²) in [6.07, 6.45) is 15.6. The average molecular weight is 380 g/mol. The lowest BCUT2D eigenvalue weighted by atomic mass is 9.80. The molecule has 2 saturated carbocycles. The van der Waals surface area contributed by atoms with Crippen molar-refractivity contribution in [2.75, 3.05) is 13.7 Å². The molecule has 156 valence electrons. The van der Waals surface area contributed by atoms with Crippen molar-refractivity contribution in [3.63, 3.8) is 0 Å². The molecule has 0 radical (unpaired) electrons. The van der Waals surface area contributed by atoms with E-state index in [1.165, 1.54) is 64.9 Å². The largest absolute Gasteiger partial charge is 0.469 e. The molecule has 27 heavy (non-hydrogen) atoms. The van der Waals surface area contributed by atoms with Gasteiger partial charge in [0.05, 0.1) is 7.11 Å². The van der Waals surface area contributed by atoms with Crippen LogP contribution in [0.1, 0.15) is 96.8 Å². The molecule has 2 rings (SSSR count). The highest BCUT2D eigenvalue weighted by atomic mass is 16.5. The van der Waals surface area contributed by atoms with Crippen LogP contribution in [0.4, 0.5) is 0 Å². The first-order valence-electron chi connectivity index (χ1n) is 11.5. The number of ketones is 1. The van der Waals surface area contributed by atoms with Crippen LogP contribution in [0.2, 0.25) is 0 Å². The minimum Gasteiger partial charge on any atom is -0.469 e. The lowest BCUT2D eigenvalue weighted by Crippen LogP contribution is -2.44. The molecule has 0 heterocycles. The van der Waals surface area contributed by atoms with Gasteiger partial charge in [-0.1, -0.05) is 45.4 Å². The van der Waals surface area contributed by atoms with E-state index in [4.69, 9.17) is 0 Å². The zero-order valence-electron chi connectivity index (χ0n) is 17.6. The summed E-state index contributed by atoms with van der Waals surface area (Å²) in [5.41, 5.74) is 0. The quantitative estimate of drug-likeness (QED) is 0.320. The summed E-state index contributed by atoms with van der Waals surface area (Å²) in [4.78, 5) is 24.0. The van der Waals surface area contributed by atoms with Gasteiger partial charge in [-0.2, -0.15) is 0 Å². The monoisotopic (exact) mass is 379 g/mol. The van der Waals surface area contributed by atoms with E-state index in [2.05, 4.69) is 17.0 Å². The Morgan fingerprint density at radius 1 is 0.889 bits per heavy atom. The van der Waals surface area contributed by atoms with Crippen LogP contribution in [-0.4, -0.2) is 31.4 Å². The van der Waals surface area contributed by atoms with Gasteiger partial charge in [-0.15, -0.1) is 0 Å². The Bertz CT molecular complexity index is 451. The third kappa shape index (κ3) is 7.21. The number of esters is 1. The summed E-state index contributed by atoms with van der Waals surface area (Å²) < 4.78 is 4.67. The fraction of sp³-hybridized carbons (Fsp3) is 0.913. The van der Waals surface area contributed by atoms with E-state index in [9.17, 15) is 9.59 Å². The van der Waals surface area contributed by atoms with Gasteiger partial charge in [-0.25, -0.2) is 0 Å². The predicted molar refractivity (Wildman–Crippen MR) is 110 cm³/mol. The third-order valence-electron chi connectivity index (χ3n) is 6.73. The fourth-order valence-corrected chi connectivity index (χ4v) is 5.24. The Balaban J connectivity index is 1.65. The Morgan fingerprint density at radius 3 is 2.33 bits per heavy atom. The number of rotatable bonds is 15. The summed E-state index contributed by atoms with van der Waals surface area (Å²) in [5.74, 6) is 1.93. The number of ether oxygens (including phenoxy) is 1. The van der Waals surface area contributed by atoms with Crippen molar-refractivity contribution in [1.29, 1.82) is 0 Å². The first-order valence-corrected chi connectivity index (χ1v) is 11.5. The second kappa shape index (κ2) is 12.5. The molecular formula is C23H41NO3. The van der Waals surface area contributed by atoms with E-state index < -0.39 is 0 Å². The minimum absolute atomic E-state index is 0.145. The summed E-state index contributed by atoms with van der Waals surface area (Å²) in [6, 6.07) is 0.432. The maximum Gasteiger partial charge on any atom is 0.305 e. The number of hydrogen-bond donors (Lipinski definition) is 1. The van der Waals surface area contributed by atoms with E-state index >= 15 is 0 Å². The number of fused-ring (bicyclic) bond motifs is 2. The molecule has 4 atom stereocenters. The lowest BCUT2D eigenvalue weighted by Gasteiger charge is -2.31. The first-order chi connectivity index (χ1) is 13.2. The number of methoxy groups -OCH3 is 1. The van der Waals surface area contributed by atoms with Crippen LogP contribution in [0.25, 0.3) is 0 Å². The van der Waals surface area contributed by atoms with Gasteiger partial charge in [0.25, 0.3) is 0 Å². The van der Waals surface area contributed by atoms with Crippen LogP contribution in [0, 0.1) is 17.8 Å². The smallest absolute Gasteiger partial charge is 0.305 e. The molecule has 4 heteroatoms. The van der Waals surface area contributed by atoms with Crippen LogP contribution < -0.4 is 5.32 Å². The van der Waals surface area contributed by atoms with Crippen LogP contribution in [0.3, 0.4) is 0 Å². The van der Waals surface area contributed by atoms with Gasteiger partial charge in [0.2, 0.25) is 0 Å². The van der Waals surface area contributed by atoms with Crippen LogP contribution in [0.15, 0.2) is 0 Å². The van der Waals surface area contributed by atoms with Crippen molar-refractivity contribution in [1.82, 2.24) is 5.32 Å². The van der Waals surface area contributed by atoms with E-state index in [0.29, 0.717) is 30.6 Å². The van der Waals surface area contributed by atoms with E-state index in [1.54, 1.807) is 0 Å². The van der Waals surface area contributed by atoms with Crippen LogP contribution >= 0.6 is 0 Å². The Hall–Kier alpha value is -0.900. The van der Waals surface area contributed by atoms with E-state index in [-0.39, 0.29) is 11.9 Å². The molecule has 2 aliphatic carbocycles. The topological polar surface area (TPSA) is 55.4 Å². The van der Waals surface area contributed by atoms with Gasteiger partial charge >= 0.3 is 5.97 Å². The summed E-state index contributed by atoms with van der Waals surface area (Å²) in [6.45, 7) is 3.33. The molecule has 0 saturated heterocycles. The third-order valence-corrected chi connectivity index (χ3v) is 6.73. The predicted octanol–water partition coefficient (Wildman–Crippen LogP) is 5.04. The zero-order valence-corrected chi connectivity index (χ0v) is 17.6. The minimum atomic E-state index is -0.145. The first kappa shape index (κ1) is 22.4. The van der Waals surface area contributed by atoms with Crippen molar-refractivity contribution < 1.29 is 14.3 Å². The standard InChI is InChI=1S/C23H41NO3/c1-3-4-5-6-7-11-16-24-23-19-15-14-18(17-19)22(23)20(25)12-9-8-10-13-21(26)27-2/h18-19,22-24H,3-17H2,1-2H3/t18-,19+,22+,23-/m0/s1. The second-order valence-corrected chi connectivity index (χ2v) is 8.71. The highest BCUT2D eigenvalue weighted by Crippen LogP contribution is 2.49. The maximum absolute atomic E-state index is 12.9. The molecule has 2 fully saturated rings. The fourth-order valence-electron chi connectivity index (χ4n) is 5.24. The molecule has 2 aliphatic rings. The molecule has 0 spiro atoms. The Labute approximate surface area is 166 Å². The molecule has 0 aromatic heterocycles. The summed E-state index contributed by atoms with van der Waals surface area (Å²) in [7, 11) is 1.43. The highest BCUT2D eigenvalue weighted by molar-refractivity contribution is 5.82. The molecule has 0 aromatic carbocycles. The molecule has 0 amide bonds.